The van der Waals surface area contributed by atoms with Crippen molar-refractivity contribution in [3.8, 4) is 0 Å². The Balaban J connectivity index is 2.36. The van der Waals surface area contributed by atoms with E-state index in [2.05, 4.69) is 10.1 Å². The van der Waals surface area contributed by atoms with E-state index in [4.69, 9.17) is 11.6 Å². The molecule has 96 valence electrons. The number of hydrogen-bond donors (Lipinski definition) is 1. The average Bonchev–Trinajstić information content (AvgIpc) is 2.23. The van der Waals surface area contributed by atoms with Crippen LogP contribution in [0, 0.1) is 0 Å². The summed E-state index contributed by atoms with van der Waals surface area (Å²) < 4.78 is 38.7. The first kappa shape index (κ1) is 14.3. The van der Waals surface area contributed by atoms with Crippen molar-refractivity contribution in [2.75, 3.05) is 13.2 Å². The molecule has 6 heteroatoms. The summed E-state index contributed by atoms with van der Waals surface area (Å²) in [6, 6.07) is 7.06. The number of nitrogens with one attached hydrogen (secondary N) is 1. The number of benzene rings is 1. The maximum absolute atomic E-state index is 11.7. The molecule has 0 aliphatic heterocycles. The van der Waals surface area contributed by atoms with Gasteiger partial charge in [0.2, 0.25) is 0 Å². The predicted molar refractivity (Wildman–Crippen MR) is 59.9 cm³/mol. The molecule has 0 aliphatic carbocycles. The zero-order valence-electron chi connectivity index (χ0n) is 9.22. The summed E-state index contributed by atoms with van der Waals surface area (Å²) in [7, 11) is 0. The molecule has 0 heterocycles. The lowest BCUT2D eigenvalue weighted by Gasteiger charge is -2.16. The number of ether oxygens (including phenoxy) is 1. The normalized spacial score (nSPS) is 13.7. The molecule has 0 aromatic heterocycles. The van der Waals surface area contributed by atoms with Crippen molar-refractivity contribution in [3.63, 3.8) is 0 Å². The minimum atomic E-state index is -4.57. The fourth-order valence-corrected chi connectivity index (χ4v) is 1.68. The maximum Gasteiger partial charge on any atom is 0.522 e. The van der Waals surface area contributed by atoms with Crippen molar-refractivity contribution in [3.05, 3.63) is 34.9 Å². The largest absolute Gasteiger partial charge is 0.522 e. The van der Waals surface area contributed by atoms with Crippen LogP contribution in [0.1, 0.15) is 18.5 Å². The molecule has 1 aromatic carbocycles. The topological polar surface area (TPSA) is 21.3 Å². The van der Waals surface area contributed by atoms with Gasteiger partial charge in [-0.05, 0) is 18.6 Å². The highest BCUT2D eigenvalue weighted by Gasteiger charge is 2.28. The van der Waals surface area contributed by atoms with E-state index in [-0.39, 0.29) is 12.6 Å². The summed E-state index contributed by atoms with van der Waals surface area (Å²) in [5, 5.41) is 3.49. The van der Waals surface area contributed by atoms with Crippen LogP contribution in [-0.4, -0.2) is 19.5 Å². The van der Waals surface area contributed by atoms with Gasteiger partial charge in [-0.25, -0.2) is 0 Å². The number of halogens is 4. The van der Waals surface area contributed by atoms with Crippen LogP contribution >= 0.6 is 11.6 Å². The standard InChI is InChI=1S/C11H13ClF3NO/c1-8(9-4-2-3-5-10(9)12)16-6-7-17-11(13,14)15/h2-5,8,16H,6-7H2,1H3/t8-/m1/s1. The Hall–Kier alpha value is -0.780. The molecule has 0 radical (unpaired) electrons. The van der Waals surface area contributed by atoms with Gasteiger partial charge in [-0.3, -0.25) is 4.74 Å². The van der Waals surface area contributed by atoms with Gasteiger partial charge in [0.1, 0.15) is 0 Å². The fraction of sp³-hybridized carbons (Fsp3) is 0.455. The quantitative estimate of drug-likeness (QED) is 0.824. The van der Waals surface area contributed by atoms with Gasteiger partial charge in [0.05, 0.1) is 6.61 Å². The maximum atomic E-state index is 11.7. The zero-order chi connectivity index (χ0) is 12.9. The van der Waals surface area contributed by atoms with Crippen molar-refractivity contribution in [2.45, 2.75) is 19.3 Å². The summed E-state index contributed by atoms with van der Waals surface area (Å²) in [4.78, 5) is 0. The molecule has 1 aromatic rings. The van der Waals surface area contributed by atoms with E-state index in [1.807, 2.05) is 19.1 Å². The molecule has 1 rings (SSSR count). The lowest BCUT2D eigenvalue weighted by atomic mass is 10.1. The summed E-state index contributed by atoms with van der Waals surface area (Å²) in [5.41, 5.74) is 0.848. The van der Waals surface area contributed by atoms with Crippen molar-refractivity contribution < 1.29 is 17.9 Å². The zero-order valence-corrected chi connectivity index (χ0v) is 9.98. The van der Waals surface area contributed by atoms with E-state index in [1.54, 1.807) is 12.1 Å². The average molecular weight is 268 g/mol. The summed E-state index contributed by atoms with van der Waals surface area (Å²) in [5.74, 6) is 0. The van der Waals surface area contributed by atoms with Gasteiger partial charge in [-0.1, -0.05) is 29.8 Å². The molecule has 0 amide bonds. The van der Waals surface area contributed by atoms with E-state index in [9.17, 15) is 13.2 Å². The van der Waals surface area contributed by atoms with Gasteiger partial charge in [-0.15, -0.1) is 13.2 Å². The van der Waals surface area contributed by atoms with Crippen molar-refractivity contribution in [1.29, 1.82) is 0 Å². The van der Waals surface area contributed by atoms with E-state index in [0.29, 0.717) is 5.02 Å². The second-order valence-electron chi connectivity index (χ2n) is 3.49. The number of hydrogen-bond acceptors (Lipinski definition) is 2. The second-order valence-corrected chi connectivity index (χ2v) is 3.90. The first-order valence-corrected chi connectivity index (χ1v) is 5.46. The molecule has 0 spiro atoms. The van der Waals surface area contributed by atoms with E-state index in [1.165, 1.54) is 0 Å². The molecule has 0 bridgehead atoms. The molecule has 0 saturated carbocycles. The van der Waals surface area contributed by atoms with Crippen LogP contribution in [0.25, 0.3) is 0 Å². The SMILES string of the molecule is C[C@@H](NCCOC(F)(F)F)c1ccccc1Cl. The van der Waals surface area contributed by atoms with E-state index < -0.39 is 13.0 Å². The monoisotopic (exact) mass is 267 g/mol. The smallest absolute Gasteiger partial charge is 0.308 e. The van der Waals surface area contributed by atoms with Gasteiger partial charge < -0.3 is 5.32 Å². The fourth-order valence-electron chi connectivity index (χ4n) is 1.38. The Morgan fingerprint density at radius 1 is 1.35 bits per heavy atom. The van der Waals surface area contributed by atoms with Crippen LogP contribution < -0.4 is 5.32 Å². The van der Waals surface area contributed by atoms with Gasteiger partial charge in [0.25, 0.3) is 0 Å². The molecular formula is C11H13ClF3NO. The third-order valence-electron chi connectivity index (χ3n) is 2.19. The number of alkyl halides is 3. The lowest BCUT2D eigenvalue weighted by molar-refractivity contribution is -0.323. The Kier molecular flexibility index (Phi) is 5.24. The van der Waals surface area contributed by atoms with Crippen LogP contribution in [0.3, 0.4) is 0 Å². The minimum Gasteiger partial charge on any atom is -0.308 e. The van der Waals surface area contributed by atoms with Crippen molar-refractivity contribution in [2.24, 2.45) is 0 Å². The first-order valence-electron chi connectivity index (χ1n) is 5.08. The first-order chi connectivity index (χ1) is 7.90. The van der Waals surface area contributed by atoms with Gasteiger partial charge in [-0.2, -0.15) is 0 Å². The Bertz CT molecular complexity index is 357. The second kappa shape index (κ2) is 6.23. The molecule has 0 unspecified atom stereocenters. The predicted octanol–water partition coefficient (Wildman–Crippen LogP) is 3.53. The molecule has 0 fully saturated rings. The summed E-state index contributed by atoms with van der Waals surface area (Å²) in [6.07, 6.45) is -4.57. The number of rotatable bonds is 5. The highest BCUT2D eigenvalue weighted by molar-refractivity contribution is 6.31. The van der Waals surface area contributed by atoms with E-state index >= 15 is 0 Å². The Labute approximate surface area is 103 Å². The summed E-state index contributed by atoms with van der Waals surface area (Å²) >= 11 is 5.95. The van der Waals surface area contributed by atoms with Crippen molar-refractivity contribution >= 4 is 11.6 Å². The van der Waals surface area contributed by atoms with Crippen LogP contribution in [0.5, 0.6) is 0 Å². The van der Waals surface area contributed by atoms with Crippen LogP contribution in [0.15, 0.2) is 24.3 Å². The minimum absolute atomic E-state index is 0.103. The third kappa shape index (κ3) is 5.39. The van der Waals surface area contributed by atoms with Crippen LogP contribution in [0.2, 0.25) is 5.02 Å². The van der Waals surface area contributed by atoms with Gasteiger partial charge in [0.15, 0.2) is 0 Å². The van der Waals surface area contributed by atoms with E-state index in [0.717, 1.165) is 5.56 Å². The third-order valence-corrected chi connectivity index (χ3v) is 2.53. The van der Waals surface area contributed by atoms with Gasteiger partial charge in [0, 0.05) is 17.6 Å². The highest BCUT2D eigenvalue weighted by atomic mass is 35.5. The summed E-state index contributed by atoms with van der Waals surface area (Å²) in [6.45, 7) is 1.51. The Morgan fingerprint density at radius 3 is 2.59 bits per heavy atom. The van der Waals surface area contributed by atoms with Gasteiger partial charge >= 0.3 is 6.36 Å². The molecule has 0 saturated heterocycles. The molecule has 1 atom stereocenters. The molecular weight excluding hydrogens is 255 g/mol. The highest BCUT2D eigenvalue weighted by Crippen LogP contribution is 2.22. The lowest BCUT2D eigenvalue weighted by Crippen LogP contribution is -2.26. The molecule has 1 N–H and O–H groups in total. The van der Waals surface area contributed by atoms with Crippen LogP contribution in [0.4, 0.5) is 13.2 Å². The molecule has 17 heavy (non-hydrogen) atoms. The van der Waals surface area contributed by atoms with Crippen LogP contribution in [-0.2, 0) is 4.74 Å². The van der Waals surface area contributed by atoms with Crippen molar-refractivity contribution in [1.82, 2.24) is 5.32 Å². The molecule has 0 aliphatic rings. The Morgan fingerprint density at radius 2 is 2.00 bits per heavy atom. The molecule has 2 nitrogen and oxygen atoms in total.